The van der Waals surface area contributed by atoms with E-state index in [2.05, 4.69) is 4.98 Å². The highest BCUT2D eigenvalue weighted by Gasteiger charge is 2.17. The van der Waals surface area contributed by atoms with Crippen molar-refractivity contribution in [3.8, 4) is 11.5 Å². The van der Waals surface area contributed by atoms with Crippen molar-refractivity contribution in [2.75, 3.05) is 5.73 Å². The number of benzene rings is 1. The standard InChI is InChI=1S/C11H6F2N2O2/c12-6-3-1-2-5(8(6)13)11-15-9-7(17-11)4-16-10(9)14/h1-4H,14H2. The third kappa shape index (κ3) is 1.37. The van der Waals surface area contributed by atoms with Crippen LogP contribution in [0.15, 0.2) is 33.3 Å². The molecule has 0 saturated carbocycles. The van der Waals surface area contributed by atoms with Crippen LogP contribution in [0.2, 0.25) is 0 Å². The van der Waals surface area contributed by atoms with Crippen molar-refractivity contribution in [1.29, 1.82) is 0 Å². The molecule has 3 aromatic rings. The Morgan fingerprint density at radius 3 is 2.82 bits per heavy atom. The highest BCUT2D eigenvalue weighted by atomic mass is 19.2. The van der Waals surface area contributed by atoms with Crippen LogP contribution in [0, 0.1) is 11.6 Å². The van der Waals surface area contributed by atoms with E-state index in [-0.39, 0.29) is 17.3 Å². The quantitative estimate of drug-likeness (QED) is 0.705. The van der Waals surface area contributed by atoms with Crippen molar-refractivity contribution in [3.63, 3.8) is 0 Å². The van der Waals surface area contributed by atoms with Crippen LogP contribution < -0.4 is 5.73 Å². The van der Waals surface area contributed by atoms with Gasteiger partial charge in [-0.2, -0.15) is 0 Å². The lowest BCUT2D eigenvalue weighted by Crippen LogP contribution is -1.89. The van der Waals surface area contributed by atoms with Gasteiger partial charge in [-0.05, 0) is 12.1 Å². The molecule has 6 heteroatoms. The van der Waals surface area contributed by atoms with Crippen LogP contribution in [0.3, 0.4) is 0 Å². The Bertz CT molecular complexity index is 703. The van der Waals surface area contributed by atoms with E-state index in [4.69, 9.17) is 14.6 Å². The first-order chi connectivity index (χ1) is 8.16. The molecule has 0 aliphatic carbocycles. The molecule has 0 aliphatic heterocycles. The molecule has 0 radical (unpaired) electrons. The summed E-state index contributed by atoms with van der Waals surface area (Å²) >= 11 is 0. The average Bonchev–Trinajstić information content (AvgIpc) is 2.85. The van der Waals surface area contributed by atoms with Gasteiger partial charge in [0.15, 0.2) is 22.7 Å². The largest absolute Gasteiger partial charge is 0.443 e. The zero-order chi connectivity index (χ0) is 12.0. The molecule has 86 valence electrons. The van der Waals surface area contributed by atoms with Gasteiger partial charge in [-0.25, -0.2) is 13.8 Å². The number of oxazole rings is 1. The zero-order valence-electron chi connectivity index (χ0n) is 8.41. The first-order valence-corrected chi connectivity index (χ1v) is 4.74. The highest BCUT2D eigenvalue weighted by molar-refractivity contribution is 5.84. The van der Waals surface area contributed by atoms with Gasteiger partial charge in [0, 0.05) is 0 Å². The molecule has 0 spiro atoms. The molecule has 0 aliphatic rings. The summed E-state index contributed by atoms with van der Waals surface area (Å²) in [6.45, 7) is 0. The SMILES string of the molecule is Nc1occ2oc(-c3cccc(F)c3F)nc12. The molecule has 4 nitrogen and oxygen atoms in total. The van der Waals surface area contributed by atoms with E-state index < -0.39 is 11.6 Å². The summed E-state index contributed by atoms with van der Waals surface area (Å²) in [5.41, 5.74) is 6.01. The number of anilines is 1. The lowest BCUT2D eigenvalue weighted by Gasteiger charge is -1.98. The van der Waals surface area contributed by atoms with Crippen molar-refractivity contribution < 1.29 is 17.6 Å². The molecule has 1 aromatic carbocycles. The van der Waals surface area contributed by atoms with Crippen molar-refractivity contribution in [2.24, 2.45) is 0 Å². The van der Waals surface area contributed by atoms with Gasteiger partial charge in [-0.1, -0.05) is 6.07 Å². The molecule has 0 unspecified atom stereocenters. The topological polar surface area (TPSA) is 65.2 Å². The molecule has 0 saturated heterocycles. The van der Waals surface area contributed by atoms with Gasteiger partial charge in [0.2, 0.25) is 11.8 Å². The second-order valence-corrected chi connectivity index (χ2v) is 3.43. The number of hydrogen-bond donors (Lipinski definition) is 1. The molecule has 0 fully saturated rings. The summed E-state index contributed by atoms with van der Waals surface area (Å²) in [5.74, 6) is -1.92. The monoisotopic (exact) mass is 236 g/mol. The van der Waals surface area contributed by atoms with Crippen molar-refractivity contribution >= 4 is 17.0 Å². The number of aromatic nitrogens is 1. The number of halogens is 2. The molecular formula is C11H6F2N2O2. The summed E-state index contributed by atoms with van der Waals surface area (Å²) in [6, 6.07) is 3.76. The summed E-state index contributed by atoms with van der Waals surface area (Å²) < 4.78 is 36.6. The number of nitrogens with zero attached hydrogens (tertiary/aromatic N) is 1. The van der Waals surface area contributed by atoms with E-state index in [0.29, 0.717) is 11.1 Å². The maximum absolute atomic E-state index is 13.5. The molecule has 0 bridgehead atoms. The smallest absolute Gasteiger partial charge is 0.230 e. The number of nitrogens with two attached hydrogens (primary N) is 1. The normalized spacial score (nSPS) is 11.2. The number of fused-ring (bicyclic) bond motifs is 1. The van der Waals surface area contributed by atoms with E-state index in [1.165, 1.54) is 18.4 Å². The Kier molecular flexibility index (Phi) is 1.91. The molecular weight excluding hydrogens is 230 g/mol. The third-order valence-corrected chi connectivity index (χ3v) is 2.36. The zero-order valence-corrected chi connectivity index (χ0v) is 8.41. The van der Waals surface area contributed by atoms with Gasteiger partial charge >= 0.3 is 0 Å². The van der Waals surface area contributed by atoms with Gasteiger partial charge in [-0.15, -0.1) is 0 Å². The number of rotatable bonds is 1. The second kappa shape index (κ2) is 3.31. The van der Waals surface area contributed by atoms with Gasteiger partial charge in [-0.3, -0.25) is 0 Å². The molecule has 2 heterocycles. The van der Waals surface area contributed by atoms with Crippen LogP contribution in [0.4, 0.5) is 14.7 Å². The fraction of sp³-hybridized carbons (Fsp3) is 0. The van der Waals surface area contributed by atoms with E-state index >= 15 is 0 Å². The Morgan fingerprint density at radius 1 is 1.24 bits per heavy atom. The first-order valence-electron chi connectivity index (χ1n) is 4.74. The van der Waals surface area contributed by atoms with Crippen molar-refractivity contribution in [2.45, 2.75) is 0 Å². The molecule has 2 N–H and O–H groups in total. The fourth-order valence-corrected chi connectivity index (χ4v) is 1.55. The van der Waals surface area contributed by atoms with Gasteiger partial charge in [0.25, 0.3) is 0 Å². The van der Waals surface area contributed by atoms with Crippen LogP contribution >= 0.6 is 0 Å². The molecule has 3 rings (SSSR count). The van der Waals surface area contributed by atoms with Gasteiger partial charge < -0.3 is 14.6 Å². The predicted molar refractivity (Wildman–Crippen MR) is 56.0 cm³/mol. The highest BCUT2D eigenvalue weighted by Crippen LogP contribution is 2.30. The van der Waals surface area contributed by atoms with Gasteiger partial charge in [0.1, 0.15) is 6.26 Å². The van der Waals surface area contributed by atoms with Crippen LogP contribution in [0.1, 0.15) is 0 Å². The van der Waals surface area contributed by atoms with E-state index in [1.54, 1.807) is 0 Å². The first kappa shape index (κ1) is 9.83. The van der Waals surface area contributed by atoms with Gasteiger partial charge in [0.05, 0.1) is 5.56 Å². The lowest BCUT2D eigenvalue weighted by atomic mass is 10.2. The third-order valence-electron chi connectivity index (χ3n) is 2.36. The number of hydrogen-bond acceptors (Lipinski definition) is 4. The summed E-state index contributed by atoms with van der Waals surface area (Å²) in [4.78, 5) is 3.95. The molecule has 17 heavy (non-hydrogen) atoms. The predicted octanol–water partition coefficient (Wildman–Crippen LogP) is 2.95. The minimum atomic E-state index is -1.01. The maximum atomic E-state index is 13.5. The maximum Gasteiger partial charge on any atom is 0.230 e. The molecule has 0 amide bonds. The second-order valence-electron chi connectivity index (χ2n) is 3.43. The van der Waals surface area contributed by atoms with E-state index in [0.717, 1.165) is 6.07 Å². The fourth-order valence-electron chi connectivity index (χ4n) is 1.55. The van der Waals surface area contributed by atoms with E-state index in [9.17, 15) is 8.78 Å². The molecule has 2 aromatic heterocycles. The van der Waals surface area contributed by atoms with Crippen LogP contribution in [-0.2, 0) is 0 Å². The van der Waals surface area contributed by atoms with Crippen LogP contribution in [-0.4, -0.2) is 4.98 Å². The van der Waals surface area contributed by atoms with Crippen LogP contribution in [0.5, 0.6) is 0 Å². The van der Waals surface area contributed by atoms with Crippen molar-refractivity contribution in [1.82, 2.24) is 4.98 Å². The summed E-state index contributed by atoms with van der Waals surface area (Å²) in [7, 11) is 0. The lowest BCUT2D eigenvalue weighted by molar-refractivity contribution is 0.504. The van der Waals surface area contributed by atoms with Crippen molar-refractivity contribution in [3.05, 3.63) is 36.1 Å². The Labute approximate surface area is 93.6 Å². The molecule has 0 atom stereocenters. The summed E-state index contributed by atoms with van der Waals surface area (Å²) in [6.07, 6.45) is 1.26. The number of furan rings is 1. The Morgan fingerprint density at radius 2 is 2.06 bits per heavy atom. The van der Waals surface area contributed by atoms with Crippen LogP contribution in [0.25, 0.3) is 22.6 Å². The van der Waals surface area contributed by atoms with E-state index in [1.807, 2.05) is 0 Å². The minimum absolute atomic E-state index is 0.0329. The average molecular weight is 236 g/mol. The summed E-state index contributed by atoms with van der Waals surface area (Å²) in [5, 5.41) is 0. The Hall–Kier alpha value is -2.37. The minimum Gasteiger partial charge on any atom is -0.443 e. The number of nitrogen functional groups attached to an aromatic ring is 1. The Balaban J connectivity index is 2.23.